The monoisotopic (exact) mass is 366 g/mol. The normalized spacial score (nSPS) is 12.3. The standard InChI is InChI=1S/C22H26N2O3/c1-17(20-12-7-4-8-13-20)27-15-9-14-23-22(26)21(24-18(2)25)16-19-10-5-3-6-11-19/h3-8,10-13,16-17H,9,14-15H2,1-2H3,(H,23,26)(H,24,25). The summed E-state index contributed by atoms with van der Waals surface area (Å²) in [6.07, 6.45) is 2.35. The fraction of sp³-hybridized carbons (Fsp3) is 0.273. The molecule has 5 nitrogen and oxygen atoms in total. The highest BCUT2D eigenvalue weighted by atomic mass is 16.5. The molecule has 1 atom stereocenters. The van der Waals surface area contributed by atoms with Gasteiger partial charge in [0.1, 0.15) is 5.70 Å². The number of carbonyl (C=O) groups is 2. The van der Waals surface area contributed by atoms with Gasteiger partial charge in [0.25, 0.3) is 5.91 Å². The average molecular weight is 366 g/mol. The fourth-order valence-corrected chi connectivity index (χ4v) is 2.51. The van der Waals surface area contributed by atoms with Crippen molar-refractivity contribution in [1.29, 1.82) is 0 Å². The summed E-state index contributed by atoms with van der Waals surface area (Å²) in [5.41, 5.74) is 2.20. The van der Waals surface area contributed by atoms with Crippen molar-refractivity contribution in [2.45, 2.75) is 26.4 Å². The molecule has 1 unspecified atom stereocenters. The zero-order valence-electron chi connectivity index (χ0n) is 15.8. The number of rotatable bonds is 9. The highest BCUT2D eigenvalue weighted by Crippen LogP contribution is 2.15. The molecule has 0 aromatic heterocycles. The second-order valence-corrected chi connectivity index (χ2v) is 6.18. The first-order valence-corrected chi connectivity index (χ1v) is 9.05. The van der Waals surface area contributed by atoms with E-state index in [9.17, 15) is 9.59 Å². The molecule has 2 N–H and O–H groups in total. The van der Waals surface area contributed by atoms with Gasteiger partial charge in [0.2, 0.25) is 5.91 Å². The maximum atomic E-state index is 12.4. The summed E-state index contributed by atoms with van der Waals surface area (Å²) in [5, 5.41) is 5.41. The number of ether oxygens (including phenoxy) is 1. The van der Waals surface area contributed by atoms with Crippen molar-refractivity contribution < 1.29 is 14.3 Å². The Balaban J connectivity index is 1.80. The molecule has 2 aromatic carbocycles. The van der Waals surface area contributed by atoms with E-state index < -0.39 is 0 Å². The van der Waals surface area contributed by atoms with Crippen LogP contribution in [0.1, 0.15) is 37.5 Å². The van der Waals surface area contributed by atoms with Crippen LogP contribution in [0.25, 0.3) is 6.08 Å². The van der Waals surface area contributed by atoms with Crippen molar-refractivity contribution in [3.63, 3.8) is 0 Å². The highest BCUT2D eigenvalue weighted by Gasteiger charge is 2.11. The van der Waals surface area contributed by atoms with E-state index in [4.69, 9.17) is 4.74 Å². The number of amides is 2. The molecule has 0 heterocycles. The number of benzene rings is 2. The molecule has 0 spiro atoms. The molecule has 5 heteroatoms. The second kappa shape index (κ2) is 10.9. The van der Waals surface area contributed by atoms with Crippen LogP contribution in [-0.2, 0) is 14.3 Å². The topological polar surface area (TPSA) is 67.4 Å². The summed E-state index contributed by atoms with van der Waals surface area (Å²) >= 11 is 0. The van der Waals surface area contributed by atoms with E-state index in [1.165, 1.54) is 6.92 Å². The minimum atomic E-state index is -0.315. The Hall–Kier alpha value is -2.92. The molecule has 0 saturated heterocycles. The van der Waals surface area contributed by atoms with Crippen molar-refractivity contribution in [2.75, 3.05) is 13.2 Å². The van der Waals surface area contributed by atoms with Gasteiger partial charge < -0.3 is 15.4 Å². The van der Waals surface area contributed by atoms with Gasteiger partial charge in [-0.1, -0.05) is 60.7 Å². The van der Waals surface area contributed by atoms with Crippen molar-refractivity contribution in [1.82, 2.24) is 10.6 Å². The summed E-state index contributed by atoms with van der Waals surface area (Å²) in [6, 6.07) is 19.4. The summed E-state index contributed by atoms with van der Waals surface area (Å²) in [4.78, 5) is 23.7. The Morgan fingerprint density at radius 3 is 2.30 bits per heavy atom. The van der Waals surface area contributed by atoms with E-state index in [-0.39, 0.29) is 23.6 Å². The Labute approximate surface area is 160 Å². The first kappa shape index (κ1) is 20.4. The van der Waals surface area contributed by atoms with Crippen molar-refractivity contribution >= 4 is 17.9 Å². The lowest BCUT2D eigenvalue weighted by molar-refractivity contribution is -0.122. The van der Waals surface area contributed by atoms with Gasteiger partial charge in [-0.15, -0.1) is 0 Å². The van der Waals surface area contributed by atoms with Gasteiger partial charge in [-0.2, -0.15) is 0 Å². The average Bonchev–Trinajstić information content (AvgIpc) is 2.68. The smallest absolute Gasteiger partial charge is 0.267 e. The van der Waals surface area contributed by atoms with Crippen LogP contribution in [-0.4, -0.2) is 25.0 Å². The lowest BCUT2D eigenvalue weighted by Crippen LogP contribution is -2.34. The van der Waals surface area contributed by atoms with Crippen LogP contribution in [0.4, 0.5) is 0 Å². The lowest BCUT2D eigenvalue weighted by atomic mass is 10.1. The van der Waals surface area contributed by atoms with Gasteiger partial charge >= 0.3 is 0 Å². The van der Waals surface area contributed by atoms with Crippen molar-refractivity contribution in [3.8, 4) is 0 Å². The van der Waals surface area contributed by atoms with Crippen LogP contribution in [0.3, 0.4) is 0 Å². The number of hydrogen-bond acceptors (Lipinski definition) is 3. The molecule has 0 saturated carbocycles. The quantitative estimate of drug-likeness (QED) is 0.528. The minimum absolute atomic E-state index is 0.00909. The third kappa shape index (κ3) is 7.46. The Kier molecular flexibility index (Phi) is 8.26. The van der Waals surface area contributed by atoms with Crippen LogP contribution in [0.5, 0.6) is 0 Å². The molecule has 0 aliphatic heterocycles. The third-order valence-corrected chi connectivity index (χ3v) is 3.91. The Morgan fingerprint density at radius 2 is 1.67 bits per heavy atom. The van der Waals surface area contributed by atoms with E-state index in [2.05, 4.69) is 10.6 Å². The highest BCUT2D eigenvalue weighted by molar-refractivity contribution is 6.00. The minimum Gasteiger partial charge on any atom is -0.374 e. The zero-order valence-corrected chi connectivity index (χ0v) is 15.8. The van der Waals surface area contributed by atoms with E-state index in [0.29, 0.717) is 19.6 Å². The fourth-order valence-electron chi connectivity index (χ4n) is 2.51. The van der Waals surface area contributed by atoms with Crippen LogP contribution >= 0.6 is 0 Å². The van der Waals surface area contributed by atoms with Crippen LogP contribution in [0.2, 0.25) is 0 Å². The van der Waals surface area contributed by atoms with E-state index in [0.717, 1.165) is 11.1 Å². The first-order valence-electron chi connectivity index (χ1n) is 9.05. The summed E-state index contributed by atoms with van der Waals surface area (Å²) < 4.78 is 5.79. The molecular weight excluding hydrogens is 340 g/mol. The molecule has 2 rings (SSSR count). The van der Waals surface area contributed by atoms with Gasteiger partial charge in [0, 0.05) is 20.1 Å². The number of hydrogen-bond donors (Lipinski definition) is 2. The largest absolute Gasteiger partial charge is 0.374 e. The van der Waals surface area contributed by atoms with Gasteiger partial charge in [-0.25, -0.2) is 0 Å². The molecule has 27 heavy (non-hydrogen) atoms. The molecule has 2 amide bonds. The van der Waals surface area contributed by atoms with Crippen molar-refractivity contribution in [3.05, 3.63) is 77.5 Å². The van der Waals surface area contributed by atoms with Crippen LogP contribution in [0.15, 0.2) is 66.4 Å². The van der Waals surface area contributed by atoms with E-state index in [1.54, 1.807) is 6.08 Å². The third-order valence-electron chi connectivity index (χ3n) is 3.91. The number of carbonyl (C=O) groups excluding carboxylic acids is 2. The Morgan fingerprint density at radius 1 is 1.04 bits per heavy atom. The zero-order chi connectivity index (χ0) is 19.5. The molecule has 0 aliphatic rings. The molecule has 0 fully saturated rings. The van der Waals surface area contributed by atoms with Gasteiger partial charge in [-0.05, 0) is 30.5 Å². The van der Waals surface area contributed by atoms with Crippen LogP contribution in [0, 0.1) is 0 Å². The summed E-state index contributed by atoms with van der Waals surface area (Å²) in [7, 11) is 0. The predicted molar refractivity (Wildman–Crippen MR) is 107 cm³/mol. The van der Waals surface area contributed by atoms with Gasteiger partial charge in [0.05, 0.1) is 6.10 Å². The maximum Gasteiger partial charge on any atom is 0.267 e. The first-order chi connectivity index (χ1) is 13.1. The molecule has 2 aromatic rings. The Bertz CT molecular complexity index is 758. The maximum absolute atomic E-state index is 12.4. The predicted octanol–water partition coefficient (Wildman–Crippen LogP) is 3.45. The SMILES string of the molecule is CC(=O)NC(=Cc1ccccc1)C(=O)NCCCOC(C)c1ccccc1. The number of nitrogens with one attached hydrogen (secondary N) is 2. The van der Waals surface area contributed by atoms with E-state index in [1.807, 2.05) is 67.6 Å². The van der Waals surface area contributed by atoms with Crippen LogP contribution < -0.4 is 10.6 Å². The molecule has 142 valence electrons. The van der Waals surface area contributed by atoms with Crippen molar-refractivity contribution in [2.24, 2.45) is 0 Å². The molecular formula is C22H26N2O3. The molecule has 0 bridgehead atoms. The van der Waals surface area contributed by atoms with Gasteiger partial charge in [-0.3, -0.25) is 9.59 Å². The second-order valence-electron chi connectivity index (χ2n) is 6.18. The van der Waals surface area contributed by atoms with E-state index >= 15 is 0 Å². The summed E-state index contributed by atoms with van der Waals surface area (Å²) in [5.74, 6) is -0.600. The van der Waals surface area contributed by atoms with Gasteiger partial charge in [0.15, 0.2) is 0 Å². The molecule has 0 radical (unpaired) electrons. The summed E-state index contributed by atoms with van der Waals surface area (Å²) in [6.45, 7) is 4.39. The lowest BCUT2D eigenvalue weighted by Gasteiger charge is -2.14. The molecule has 0 aliphatic carbocycles.